The third-order valence-corrected chi connectivity index (χ3v) is 3.68. The lowest BCUT2D eigenvalue weighted by Gasteiger charge is -2.17. The Balaban J connectivity index is 1.85. The molecule has 1 aromatic rings. The second-order valence-electron chi connectivity index (χ2n) is 5.33. The van der Waals surface area contributed by atoms with E-state index in [0.717, 1.165) is 36.7 Å². The van der Waals surface area contributed by atoms with E-state index in [1.165, 1.54) is 5.57 Å². The zero-order chi connectivity index (χ0) is 15.9. The summed E-state index contributed by atoms with van der Waals surface area (Å²) in [6, 6.07) is 0. The highest BCUT2D eigenvalue weighted by molar-refractivity contribution is 6.31. The first-order chi connectivity index (χ1) is 10.6. The number of nitrogens with one attached hydrogen (secondary N) is 1. The Labute approximate surface area is 136 Å². The zero-order valence-corrected chi connectivity index (χ0v) is 14.0. The molecule has 1 N–H and O–H groups in total. The predicted molar refractivity (Wildman–Crippen MR) is 87.5 cm³/mol. The van der Waals surface area contributed by atoms with Crippen LogP contribution in [0, 0.1) is 5.92 Å². The van der Waals surface area contributed by atoms with Gasteiger partial charge in [-0.15, -0.1) is 0 Å². The Kier molecular flexibility index (Phi) is 6.21. The molecule has 0 aliphatic heterocycles. The fourth-order valence-electron chi connectivity index (χ4n) is 2.46. The van der Waals surface area contributed by atoms with Crippen LogP contribution in [0.25, 0.3) is 0 Å². The monoisotopic (exact) mass is 323 g/mol. The SMILES string of the molecule is COc1cnc(OC)c(CCNCC2=CC(Cl)=CC(C)C2)n1. The van der Waals surface area contributed by atoms with Crippen molar-refractivity contribution < 1.29 is 9.47 Å². The smallest absolute Gasteiger partial charge is 0.235 e. The minimum Gasteiger partial charge on any atom is -0.480 e. The van der Waals surface area contributed by atoms with Gasteiger partial charge in [0.15, 0.2) is 0 Å². The summed E-state index contributed by atoms with van der Waals surface area (Å²) < 4.78 is 10.3. The highest BCUT2D eigenvalue weighted by Crippen LogP contribution is 2.24. The van der Waals surface area contributed by atoms with Crippen molar-refractivity contribution in [3.63, 3.8) is 0 Å². The van der Waals surface area contributed by atoms with E-state index in [1.807, 2.05) is 6.08 Å². The molecule has 0 amide bonds. The standard InChI is InChI=1S/C16H22ClN3O2/c1-11-6-12(8-13(17)7-11)9-18-5-4-14-16(22-3)19-10-15(20-14)21-2/h7-8,10-11,18H,4-6,9H2,1-3H3. The van der Waals surface area contributed by atoms with E-state index < -0.39 is 0 Å². The van der Waals surface area contributed by atoms with Gasteiger partial charge in [-0.1, -0.05) is 30.2 Å². The van der Waals surface area contributed by atoms with Crippen molar-refractivity contribution in [1.29, 1.82) is 0 Å². The first kappa shape index (κ1) is 16.8. The predicted octanol–water partition coefficient (Wildman–Crippen LogP) is 2.71. The molecule has 1 aliphatic carbocycles. The lowest BCUT2D eigenvalue weighted by molar-refractivity contribution is 0.368. The average Bonchev–Trinajstić information content (AvgIpc) is 2.50. The Hall–Kier alpha value is -1.59. The summed E-state index contributed by atoms with van der Waals surface area (Å²) in [6.07, 6.45) is 7.45. The number of hydrogen-bond donors (Lipinski definition) is 1. The quantitative estimate of drug-likeness (QED) is 0.782. The molecular formula is C16H22ClN3O2. The maximum atomic E-state index is 6.10. The van der Waals surface area contributed by atoms with Crippen LogP contribution in [0.15, 0.2) is 29.0 Å². The van der Waals surface area contributed by atoms with E-state index in [9.17, 15) is 0 Å². The van der Waals surface area contributed by atoms with Gasteiger partial charge in [0, 0.05) is 24.5 Å². The first-order valence-corrected chi connectivity index (χ1v) is 7.71. The van der Waals surface area contributed by atoms with Crippen molar-refractivity contribution in [2.45, 2.75) is 19.8 Å². The Morgan fingerprint density at radius 3 is 2.86 bits per heavy atom. The molecule has 6 heteroatoms. The van der Waals surface area contributed by atoms with Crippen molar-refractivity contribution in [1.82, 2.24) is 15.3 Å². The van der Waals surface area contributed by atoms with Gasteiger partial charge in [-0.3, -0.25) is 0 Å². The van der Waals surface area contributed by atoms with Gasteiger partial charge in [0.2, 0.25) is 11.8 Å². The van der Waals surface area contributed by atoms with Gasteiger partial charge in [-0.25, -0.2) is 9.97 Å². The minimum absolute atomic E-state index is 0.497. The van der Waals surface area contributed by atoms with Gasteiger partial charge in [-0.2, -0.15) is 0 Å². The van der Waals surface area contributed by atoms with E-state index in [1.54, 1.807) is 20.4 Å². The summed E-state index contributed by atoms with van der Waals surface area (Å²) in [5, 5.41) is 4.24. The van der Waals surface area contributed by atoms with Crippen LogP contribution in [0.4, 0.5) is 0 Å². The molecule has 22 heavy (non-hydrogen) atoms. The maximum Gasteiger partial charge on any atom is 0.235 e. The molecule has 1 atom stereocenters. The van der Waals surface area contributed by atoms with Crippen LogP contribution >= 0.6 is 11.6 Å². The number of hydrogen-bond acceptors (Lipinski definition) is 5. The summed E-state index contributed by atoms with van der Waals surface area (Å²) in [5.41, 5.74) is 2.11. The van der Waals surface area contributed by atoms with Crippen LogP contribution in [-0.4, -0.2) is 37.3 Å². The van der Waals surface area contributed by atoms with Crippen LogP contribution in [-0.2, 0) is 6.42 Å². The molecule has 0 saturated heterocycles. The summed E-state index contributed by atoms with van der Waals surface area (Å²) in [6.45, 7) is 3.78. The molecule has 2 rings (SSSR count). The minimum atomic E-state index is 0.497. The topological polar surface area (TPSA) is 56.3 Å². The molecule has 1 unspecified atom stereocenters. The first-order valence-electron chi connectivity index (χ1n) is 7.33. The van der Waals surface area contributed by atoms with Gasteiger partial charge in [0.05, 0.1) is 20.4 Å². The molecule has 0 spiro atoms. The van der Waals surface area contributed by atoms with Crippen LogP contribution < -0.4 is 14.8 Å². The molecule has 1 aromatic heterocycles. The van der Waals surface area contributed by atoms with Gasteiger partial charge in [0.1, 0.15) is 5.69 Å². The van der Waals surface area contributed by atoms with Gasteiger partial charge in [0.25, 0.3) is 0 Å². The molecule has 120 valence electrons. The number of halogens is 1. The third-order valence-electron chi connectivity index (χ3n) is 3.45. The van der Waals surface area contributed by atoms with E-state index in [0.29, 0.717) is 17.7 Å². The van der Waals surface area contributed by atoms with E-state index in [-0.39, 0.29) is 0 Å². The number of nitrogens with zero attached hydrogens (tertiary/aromatic N) is 2. The van der Waals surface area contributed by atoms with Gasteiger partial charge >= 0.3 is 0 Å². The molecule has 0 radical (unpaired) electrons. The average molecular weight is 324 g/mol. The molecule has 5 nitrogen and oxygen atoms in total. The van der Waals surface area contributed by atoms with E-state index in [2.05, 4.69) is 28.3 Å². The second kappa shape index (κ2) is 8.15. The van der Waals surface area contributed by atoms with Crippen molar-refractivity contribution in [3.05, 3.63) is 34.6 Å². The van der Waals surface area contributed by atoms with Gasteiger partial charge in [-0.05, 0) is 18.4 Å². The third kappa shape index (κ3) is 4.71. The second-order valence-corrected chi connectivity index (χ2v) is 5.77. The number of ether oxygens (including phenoxy) is 2. The summed E-state index contributed by atoms with van der Waals surface area (Å²) in [7, 11) is 3.17. The highest BCUT2D eigenvalue weighted by atomic mass is 35.5. The van der Waals surface area contributed by atoms with Crippen LogP contribution in [0.2, 0.25) is 0 Å². The van der Waals surface area contributed by atoms with E-state index >= 15 is 0 Å². The number of aromatic nitrogens is 2. The van der Waals surface area contributed by atoms with Crippen molar-refractivity contribution in [2.24, 2.45) is 5.92 Å². The van der Waals surface area contributed by atoms with Crippen molar-refractivity contribution >= 4 is 11.6 Å². The number of allylic oxidation sites excluding steroid dienone is 3. The number of methoxy groups -OCH3 is 2. The van der Waals surface area contributed by atoms with E-state index in [4.69, 9.17) is 21.1 Å². The van der Waals surface area contributed by atoms with Crippen molar-refractivity contribution in [3.8, 4) is 11.8 Å². The van der Waals surface area contributed by atoms with Crippen molar-refractivity contribution in [2.75, 3.05) is 27.3 Å². The fraction of sp³-hybridized carbons (Fsp3) is 0.500. The fourth-order valence-corrected chi connectivity index (χ4v) is 2.82. The molecular weight excluding hydrogens is 302 g/mol. The zero-order valence-electron chi connectivity index (χ0n) is 13.2. The lowest BCUT2D eigenvalue weighted by atomic mass is 9.96. The highest BCUT2D eigenvalue weighted by Gasteiger charge is 2.11. The van der Waals surface area contributed by atoms with Crippen LogP contribution in [0.1, 0.15) is 19.0 Å². The Morgan fingerprint density at radius 1 is 1.36 bits per heavy atom. The van der Waals surface area contributed by atoms with Gasteiger partial charge < -0.3 is 14.8 Å². The Bertz CT molecular complexity index is 573. The molecule has 0 bridgehead atoms. The van der Waals surface area contributed by atoms with Crippen LogP contribution in [0.5, 0.6) is 11.8 Å². The molecule has 0 fully saturated rings. The summed E-state index contributed by atoms with van der Waals surface area (Å²) in [4.78, 5) is 8.56. The molecule has 0 aromatic carbocycles. The number of rotatable bonds is 7. The summed E-state index contributed by atoms with van der Waals surface area (Å²) >= 11 is 6.10. The molecule has 1 aliphatic rings. The largest absolute Gasteiger partial charge is 0.480 e. The normalized spacial score (nSPS) is 17.7. The van der Waals surface area contributed by atoms with Crippen LogP contribution in [0.3, 0.4) is 0 Å². The lowest BCUT2D eigenvalue weighted by Crippen LogP contribution is -2.22. The summed E-state index contributed by atoms with van der Waals surface area (Å²) in [5.74, 6) is 1.54. The molecule has 0 saturated carbocycles. The Morgan fingerprint density at radius 2 is 2.18 bits per heavy atom. The molecule has 1 heterocycles. The maximum absolute atomic E-state index is 6.10.